The van der Waals surface area contributed by atoms with Crippen molar-refractivity contribution in [3.63, 3.8) is 0 Å². The van der Waals surface area contributed by atoms with Crippen molar-refractivity contribution in [1.29, 1.82) is 0 Å². The third-order valence-corrected chi connectivity index (χ3v) is 2.84. The molecule has 0 spiro atoms. The fraction of sp³-hybridized carbons (Fsp3) is 0.182. The largest absolute Gasteiger partial charge is 0.333 e. The van der Waals surface area contributed by atoms with Crippen LogP contribution in [0.4, 0.5) is 0 Å². The van der Waals surface area contributed by atoms with Crippen molar-refractivity contribution < 1.29 is 0 Å². The zero-order chi connectivity index (χ0) is 10.7. The fourth-order valence-electron chi connectivity index (χ4n) is 1.41. The van der Waals surface area contributed by atoms with Crippen LogP contribution in [0.25, 0.3) is 0 Å². The molecule has 0 aliphatic carbocycles. The van der Waals surface area contributed by atoms with Crippen LogP contribution in [0, 0.1) is 0 Å². The first-order valence-electron chi connectivity index (χ1n) is 4.59. The van der Waals surface area contributed by atoms with E-state index in [2.05, 4.69) is 33.0 Å². The zero-order valence-electron chi connectivity index (χ0n) is 8.03. The third-order valence-electron chi connectivity index (χ3n) is 2.08. The maximum atomic E-state index is 5.69. The van der Waals surface area contributed by atoms with Crippen LogP contribution in [0.1, 0.15) is 11.3 Å². The lowest BCUT2D eigenvalue weighted by molar-refractivity contribution is 0.796. The minimum atomic E-state index is 0.464. The molecular formula is C11H10BrClN2. The van der Waals surface area contributed by atoms with Crippen LogP contribution in [-0.2, 0) is 12.4 Å². The van der Waals surface area contributed by atoms with Crippen molar-refractivity contribution in [2.24, 2.45) is 0 Å². The van der Waals surface area contributed by atoms with E-state index in [9.17, 15) is 0 Å². The average Bonchev–Trinajstić information content (AvgIpc) is 2.65. The van der Waals surface area contributed by atoms with Gasteiger partial charge in [0.1, 0.15) is 0 Å². The molecule has 0 saturated heterocycles. The number of alkyl halides is 1. The van der Waals surface area contributed by atoms with Gasteiger partial charge >= 0.3 is 0 Å². The summed E-state index contributed by atoms with van der Waals surface area (Å²) in [5.41, 5.74) is 2.15. The molecule has 2 rings (SSSR count). The van der Waals surface area contributed by atoms with Gasteiger partial charge in [-0.15, -0.1) is 11.6 Å². The molecule has 78 valence electrons. The summed E-state index contributed by atoms with van der Waals surface area (Å²) < 4.78 is 3.12. The Hall–Kier alpha value is -0.800. The molecule has 1 heterocycles. The summed E-state index contributed by atoms with van der Waals surface area (Å²) in [6.07, 6.45) is 3.77. The Kier molecular flexibility index (Phi) is 3.44. The Morgan fingerprint density at radius 1 is 1.40 bits per heavy atom. The second-order valence-electron chi connectivity index (χ2n) is 3.30. The van der Waals surface area contributed by atoms with E-state index in [4.69, 9.17) is 11.6 Å². The quantitative estimate of drug-likeness (QED) is 0.790. The maximum Gasteiger partial charge on any atom is 0.0953 e. The number of rotatable bonds is 3. The predicted molar refractivity (Wildman–Crippen MR) is 65.0 cm³/mol. The molecule has 1 aromatic heterocycles. The van der Waals surface area contributed by atoms with E-state index in [1.54, 1.807) is 6.33 Å². The molecule has 0 amide bonds. The Bertz CT molecular complexity index is 453. The molecule has 0 N–H and O–H groups in total. The van der Waals surface area contributed by atoms with Crippen LogP contribution in [0.3, 0.4) is 0 Å². The Labute approximate surface area is 102 Å². The van der Waals surface area contributed by atoms with E-state index in [-0.39, 0.29) is 0 Å². The summed E-state index contributed by atoms with van der Waals surface area (Å²) in [6.45, 7) is 0.823. The topological polar surface area (TPSA) is 17.8 Å². The summed E-state index contributed by atoms with van der Waals surface area (Å²) in [7, 11) is 0. The highest BCUT2D eigenvalue weighted by atomic mass is 79.9. The number of benzene rings is 1. The molecular weight excluding hydrogens is 275 g/mol. The summed E-state index contributed by atoms with van der Waals surface area (Å²) >= 11 is 9.13. The van der Waals surface area contributed by atoms with Gasteiger partial charge in [0.25, 0.3) is 0 Å². The van der Waals surface area contributed by atoms with Crippen LogP contribution in [-0.4, -0.2) is 9.55 Å². The highest BCUT2D eigenvalue weighted by molar-refractivity contribution is 9.10. The van der Waals surface area contributed by atoms with Crippen LogP contribution < -0.4 is 0 Å². The second kappa shape index (κ2) is 4.81. The lowest BCUT2D eigenvalue weighted by atomic mass is 10.2. The smallest absolute Gasteiger partial charge is 0.0953 e. The minimum absolute atomic E-state index is 0.464. The number of imidazole rings is 1. The lowest BCUT2D eigenvalue weighted by Crippen LogP contribution is -1.95. The Balaban J connectivity index is 2.14. The average molecular weight is 286 g/mol. The first-order valence-corrected chi connectivity index (χ1v) is 5.92. The molecule has 0 bridgehead atoms. The highest BCUT2D eigenvalue weighted by Gasteiger charge is 1.98. The molecule has 0 aliphatic heterocycles. The van der Waals surface area contributed by atoms with Crippen molar-refractivity contribution in [2.75, 3.05) is 0 Å². The molecule has 1 aromatic carbocycles. The van der Waals surface area contributed by atoms with Gasteiger partial charge in [0.15, 0.2) is 0 Å². The summed E-state index contributed by atoms with van der Waals surface area (Å²) in [5, 5.41) is 0. The van der Waals surface area contributed by atoms with Gasteiger partial charge in [0.05, 0.1) is 17.9 Å². The van der Waals surface area contributed by atoms with Crippen molar-refractivity contribution in [3.05, 3.63) is 52.5 Å². The number of halogens is 2. The van der Waals surface area contributed by atoms with E-state index in [0.29, 0.717) is 5.88 Å². The monoisotopic (exact) mass is 284 g/mol. The van der Waals surface area contributed by atoms with Crippen LogP contribution in [0.5, 0.6) is 0 Å². The molecule has 0 unspecified atom stereocenters. The normalized spacial score (nSPS) is 10.5. The van der Waals surface area contributed by atoms with Gasteiger partial charge in [0.2, 0.25) is 0 Å². The predicted octanol–water partition coefficient (Wildman–Crippen LogP) is 3.43. The summed E-state index contributed by atoms with van der Waals surface area (Å²) in [4.78, 5) is 4.17. The van der Waals surface area contributed by atoms with E-state index < -0.39 is 0 Å². The van der Waals surface area contributed by atoms with Gasteiger partial charge in [0, 0.05) is 17.2 Å². The standard InChI is InChI=1S/C11H10BrClN2/c12-10-3-1-2-9(4-10)6-15-7-11(5-13)14-8-15/h1-4,7-8H,5-6H2. The maximum absolute atomic E-state index is 5.69. The van der Waals surface area contributed by atoms with Crippen LogP contribution in [0.2, 0.25) is 0 Å². The first kappa shape index (κ1) is 10.7. The van der Waals surface area contributed by atoms with Crippen molar-refractivity contribution in [1.82, 2.24) is 9.55 Å². The summed E-state index contributed by atoms with van der Waals surface area (Å²) in [5.74, 6) is 0.464. The number of hydrogen-bond acceptors (Lipinski definition) is 1. The molecule has 0 radical (unpaired) electrons. The van der Waals surface area contributed by atoms with Gasteiger partial charge in [-0.2, -0.15) is 0 Å². The van der Waals surface area contributed by atoms with Gasteiger partial charge in [-0.05, 0) is 17.7 Å². The fourth-order valence-corrected chi connectivity index (χ4v) is 1.99. The molecule has 0 saturated carbocycles. The Morgan fingerprint density at radius 3 is 2.93 bits per heavy atom. The molecule has 15 heavy (non-hydrogen) atoms. The first-order chi connectivity index (χ1) is 7.28. The Morgan fingerprint density at radius 2 is 2.27 bits per heavy atom. The lowest BCUT2D eigenvalue weighted by Gasteiger charge is -2.02. The van der Waals surface area contributed by atoms with E-state index in [1.807, 2.05) is 22.9 Å². The molecule has 2 aromatic rings. The number of nitrogens with zero attached hydrogens (tertiary/aromatic N) is 2. The van der Waals surface area contributed by atoms with Crippen molar-refractivity contribution in [3.8, 4) is 0 Å². The van der Waals surface area contributed by atoms with E-state index in [1.165, 1.54) is 5.56 Å². The van der Waals surface area contributed by atoms with Gasteiger partial charge in [-0.3, -0.25) is 0 Å². The summed E-state index contributed by atoms with van der Waals surface area (Å²) in [6, 6.07) is 8.23. The number of hydrogen-bond donors (Lipinski definition) is 0. The van der Waals surface area contributed by atoms with Crippen molar-refractivity contribution >= 4 is 27.5 Å². The molecule has 2 nitrogen and oxygen atoms in total. The zero-order valence-corrected chi connectivity index (χ0v) is 10.4. The SMILES string of the molecule is ClCc1cn(Cc2cccc(Br)c2)cn1. The molecule has 4 heteroatoms. The van der Waals surface area contributed by atoms with Crippen molar-refractivity contribution in [2.45, 2.75) is 12.4 Å². The number of aromatic nitrogens is 2. The molecule has 0 atom stereocenters. The molecule has 0 aliphatic rings. The second-order valence-corrected chi connectivity index (χ2v) is 4.48. The van der Waals surface area contributed by atoms with E-state index >= 15 is 0 Å². The van der Waals surface area contributed by atoms with Gasteiger partial charge in [-0.1, -0.05) is 28.1 Å². The molecule has 0 fully saturated rings. The van der Waals surface area contributed by atoms with Crippen LogP contribution in [0.15, 0.2) is 41.3 Å². The van der Waals surface area contributed by atoms with E-state index in [0.717, 1.165) is 16.7 Å². The highest BCUT2D eigenvalue weighted by Crippen LogP contribution is 2.13. The van der Waals surface area contributed by atoms with Crippen LogP contribution >= 0.6 is 27.5 Å². The van der Waals surface area contributed by atoms with Gasteiger partial charge in [-0.25, -0.2) is 4.98 Å². The third kappa shape index (κ3) is 2.83. The minimum Gasteiger partial charge on any atom is -0.333 e. The van der Waals surface area contributed by atoms with Gasteiger partial charge < -0.3 is 4.57 Å².